The van der Waals surface area contributed by atoms with E-state index in [9.17, 15) is 13.6 Å². The van der Waals surface area contributed by atoms with E-state index in [1.165, 1.54) is 47.0 Å². The van der Waals surface area contributed by atoms with Crippen LogP contribution in [0.25, 0.3) is 6.08 Å². The molecule has 0 atom stereocenters. The Morgan fingerprint density at radius 1 is 0.967 bits per heavy atom. The van der Waals surface area contributed by atoms with Crippen molar-refractivity contribution in [1.29, 1.82) is 0 Å². The second kappa shape index (κ2) is 8.77. The SMILES string of the molecule is O=C1C(=Cc2ccc(OCc3ccc(F)cc3)cc2)SC(=S)N1c1cccc(F)c1. The highest BCUT2D eigenvalue weighted by molar-refractivity contribution is 8.27. The summed E-state index contributed by atoms with van der Waals surface area (Å²) in [5.41, 5.74) is 2.08. The highest BCUT2D eigenvalue weighted by atomic mass is 32.2. The van der Waals surface area contributed by atoms with Crippen molar-refractivity contribution in [2.75, 3.05) is 4.90 Å². The van der Waals surface area contributed by atoms with Crippen molar-refractivity contribution in [3.8, 4) is 5.75 Å². The molecule has 1 fully saturated rings. The number of benzene rings is 3. The lowest BCUT2D eigenvalue weighted by Crippen LogP contribution is -2.27. The molecule has 3 nitrogen and oxygen atoms in total. The van der Waals surface area contributed by atoms with Gasteiger partial charge in [0.25, 0.3) is 5.91 Å². The lowest BCUT2D eigenvalue weighted by atomic mass is 10.2. The van der Waals surface area contributed by atoms with Gasteiger partial charge in [-0.2, -0.15) is 0 Å². The van der Waals surface area contributed by atoms with Gasteiger partial charge in [-0.15, -0.1) is 0 Å². The molecule has 0 aliphatic carbocycles. The summed E-state index contributed by atoms with van der Waals surface area (Å²) in [6.45, 7) is 0.325. The Morgan fingerprint density at radius 2 is 1.70 bits per heavy atom. The van der Waals surface area contributed by atoms with Gasteiger partial charge in [-0.1, -0.05) is 54.3 Å². The van der Waals surface area contributed by atoms with Gasteiger partial charge >= 0.3 is 0 Å². The predicted molar refractivity (Wildman–Crippen MR) is 119 cm³/mol. The molecule has 0 spiro atoms. The molecule has 1 saturated heterocycles. The molecule has 0 aromatic heterocycles. The summed E-state index contributed by atoms with van der Waals surface area (Å²) in [7, 11) is 0. The Balaban J connectivity index is 1.45. The summed E-state index contributed by atoms with van der Waals surface area (Å²) >= 11 is 6.48. The van der Waals surface area contributed by atoms with Crippen molar-refractivity contribution in [3.05, 3.63) is 100 Å². The fourth-order valence-electron chi connectivity index (χ4n) is 2.86. The maximum absolute atomic E-state index is 13.5. The first-order chi connectivity index (χ1) is 14.5. The largest absolute Gasteiger partial charge is 0.489 e. The quantitative estimate of drug-likeness (QED) is 0.363. The topological polar surface area (TPSA) is 29.5 Å². The van der Waals surface area contributed by atoms with Gasteiger partial charge in [0.15, 0.2) is 4.32 Å². The summed E-state index contributed by atoms with van der Waals surface area (Å²) in [4.78, 5) is 14.5. The van der Waals surface area contributed by atoms with E-state index in [2.05, 4.69) is 0 Å². The van der Waals surface area contributed by atoms with Gasteiger partial charge in [-0.05, 0) is 59.7 Å². The first-order valence-corrected chi connectivity index (χ1v) is 10.2. The van der Waals surface area contributed by atoms with Crippen LogP contribution in [0.5, 0.6) is 5.75 Å². The van der Waals surface area contributed by atoms with Crippen LogP contribution in [0.3, 0.4) is 0 Å². The second-order valence-electron chi connectivity index (χ2n) is 6.48. The minimum atomic E-state index is -0.429. The zero-order valence-corrected chi connectivity index (χ0v) is 17.2. The molecule has 1 aliphatic heterocycles. The van der Waals surface area contributed by atoms with Gasteiger partial charge in [-0.25, -0.2) is 8.78 Å². The fraction of sp³-hybridized carbons (Fsp3) is 0.0435. The van der Waals surface area contributed by atoms with Crippen LogP contribution >= 0.6 is 24.0 Å². The molecule has 4 rings (SSSR count). The summed E-state index contributed by atoms with van der Waals surface area (Å²) < 4.78 is 32.5. The number of hydrogen-bond acceptors (Lipinski definition) is 4. The zero-order valence-electron chi connectivity index (χ0n) is 15.5. The molecule has 0 unspecified atom stereocenters. The van der Waals surface area contributed by atoms with Crippen LogP contribution in [0.15, 0.2) is 77.7 Å². The van der Waals surface area contributed by atoms with Gasteiger partial charge in [0.05, 0.1) is 10.6 Å². The Morgan fingerprint density at radius 3 is 2.40 bits per heavy atom. The van der Waals surface area contributed by atoms with Gasteiger partial charge in [0, 0.05) is 0 Å². The minimum Gasteiger partial charge on any atom is -0.489 e. The lowest BCUT2D eigenvalue weighted by Gasteiger charge is -2.14. The van der Waals surface area contributed by atoms with Crippen molar-refractivity contribution < 1.29 is 18.3 Å². The number of carbonyl (C=O) groups is 1. The Labute approximate surface area is 182 Å². The van der Waals surface area contributed by atoms with E-state index < -0.39 is 5.82 Å². The molecule has 3 aromatic rings. The molecule has 30 heavy (non-hydrogen) atoms. The number of thioether (sulfide) groups is 1. The van der Waals surface area contributed by atoms with E-state index in [1.54, 1.807) is 36.4 Å². The number of thiocarbonyl (C=S) groups is 1. The maximum Gasteiger partial charge on any atom is 0.270 e. The molecule has 150 valence electrons. The van der Waals surface area contributed by atoms with Crippen LogP contribution in [-0.4, -0.2) is 10.2 Å². The molecule has 1 amide bonds. The van der Waals surface area contributed by atoms with Gasteiger partial charge in [0.2, 0.25) is 0 Å². The summed E-state index contributed by atoms with van der Waals surface area (Å²) in [5, 5.41) is 0. The highest BCUT2D eigenvalue weighted by Gasteiger charge is 2.33. The molecule has 3 aromatic carbocycles. The summed E-state index contributed by atoms with van der Waals surface area (Å²) in [5.74, 6) is -0.344. The predicted octanol–water partition coefficient (Wildman–Crippen LogP) is 5.95. The standard InChI is InChI=1S/C23H15F2NO2S2/c24-17-8-4-16(5-9-17)14-28-20-10-6-15(7-11-20)12-21-22(27)26(23(29)30-21)19-3-1-2-18(25)13-19/h1-13H,14H2. The molecule has 1 heterocycles. The van der Waals surface area contributed by atoms with Crippen molar-refractivity contribution in [1.82, 2.24) is 0 Å². The Bertz CT molecular complexity index is 1130. The van der Waals surface area contributed by atoms with Crippen LogP contribution in [-0.2, 0) is 11.4 Å². The van der Waals surface area contributed by atoms with Gasteiger partial charge < -0.3 is 4.74 Å². The fourth-order valence-corrected chi connectivity index (χ4v) is 4.16. The molecular formula is C23H15F2NO2S2. The van der Waals surface area contributed by atoms with E-state index in [0.717, 1.165) is 11.1 Å². The number of anilines is 1. The highest BCUT2D eigenvalue weighted by Crippen LogP contribution is 2.36. The third-order valence-corrected chi connectivity index (χ3v) is 5.66. The normalized spacial score (nSPS) is 15.1. The van der Waals surface area contributed by atoms with Gasteiger partial charge in [0.1, 0.15) is 24.0 Å². The molecule has 0 N–H and O–H groups in total. The van der Waals surface area contributed by atoms with E-state index in [4.69, 9.17) is 17.0 Å². The summed E-state index contributed by atoms with van der Waals surface area (Å²) in [6.07, 6.45) is 1.74. The van der Waals surface area contributed by atoms with Crippen molar-refractivity contribution in [2.24, 2.45) is 0 Å². The van der Waals surface area contributed by atoms with E-state index >= 15 is 0 Å². The van der Waals surface area contributed by atoms with Crippen LogP contribution < -0.4 is 9.64 Å². The maximum atomic E-state index is 13.5. The van der Waals surface area contributed by atoms with Crippen molar-refractivity contribution in [3.63, 3.8) is 0 Å². The molecule has 0 bridgehead atoms. The molecule has 1 aliphatic rings. The molecule has 0 saturated carbocycles. The Kier molecular flexibility index (Phi) is 5.92. The third kappa shape index (κ3) is 4.58. The number of nitrogens with zero attached hydrogens (tertiary/aromatic N) is 1. The van der Waals surface area contributed by atoms with Crippen molar-refractivity contribution >= 4 is 46.0 Å². The Hall–Kier alpha value is -3.03. The third-order valence-electron chi connectivity index (χ3n) is 4.36. The number of carbonyl (C=O) groups excluding carboxylic acids is 1. The number of halogens is 2. The van der Waals surface area contributed by atoms with E-state index in [-0.39, 0.29) is 11.7 Å². The van der Waals surface area contributed by atoms with Crippen molar-refractivity contribution in [2.45, 2.75) is 6.61 Å². The van der Waals surface area contributed by atoms with Crippen LogP contribution in [0, 0.1) is 11.6 Å². The number of ether oxygens (including phenoxy) is 1. The first-order valence-electron chi connectivity index (χ1n) is 9.00. The van der Waals surface area contributed by atoms with Crippen LogP contribution in [0.2, 0.25) is 0 Å². The number of hydrogen-bond donors (Lipinski definition) is 0. The molecule has 0 radical (unpaired) electrons. The number of rotatable bonds is 5. The van der Waals surface area contributed by atoms with Gasteiger partial charge in [-0.3, -0.25) is 9.69 Å². The monoisotopic (exact) mass is 439 g/mol. The van der Waals surface area contributed by atoms with E-state index in [0.29, 0.717) is 27.3 Å². The molecule has 7 heteroatoms. The van der Waals surface area contributed by atoms with Crippen LogP contribution in [0.1, 0.15) is 11.1 Å². The average molecular weight is 440 g/mol. The number of amides is 1. The van der Waals surface area contributed by atoms with E-state index in [1.807, 2.05) is 12.1 Å². The second-order valence-corrected chi connectivity index (χ2v) is 8.16. The smallest absolute Gasteiger partial charge is 0.270 e. The minimum absolute atomic E-state index is 0.285. The summed E-state index contributed by atoms with van der Waals surface area (Å²) in [6, 6.07) is 19.1. The first kappa shape index (κ1) is 20.3. The average Bonchev–Trinajstić information content (AvgIpc) is 3.01. The lowest BCUT2D eigenvalue weighted by molar-refractivity contribution is -0.113. The van der Waals surface area contributed by atoms with Crippen LogP contribution in [0.4, 0.5) is 14.5 Å². The zero-order chi connectivity index (χ0) is 21.1. The molecular weight excluding hydrogens is 424 g/mol.